The van der Waals surface area contributed by atoms with E-state index in [1.807, 2.05) is 12.1 Å². The van der Waals surface area contributed by atoms with Gasteiger partial charge in [0.15, 0.2) is 0 Å². The number of aliphatic hydroxyl groups is 2. The van der Waals surface area contributed by atoms with E-state index >= 15 is 0 Å². The average molecular weight is 205 g/mol. The van der Waals surface area contributed by atoms with Gasteiger partial charge in [0.2, 0.25) is 0 Å². The van der Waals surface area contributed by atoms with Crippen LogP contribution in [0, 0.1) is 0 Å². The second kappa shape index (κ2) is 3.30. The normalized spacial score (nSPS) is 34.9. The van der Waals surface area contributed by atoms with Gasteiger partial charge in [0, 0.05) is 19.1 Å². The first kappa shape index (κ1) is 9.33. The maximum absolute atomic E-state index is 9.83. The van der Waals surface area contributed by atoms with E-state index in [0.29, 0.717) is 6.54 Å². The lowest BCUT2D eigenvalue weighted by atomic mass is 9.93. The van der Waals surface area contributed by atoms with Gasteiger partial charge in [-0.15, -0.1) is 0 Å². The molecule has 3 atom stereocenters. The summed E-state index contributed by atoms with van der Waals surface area (Å²) in [6, 6.07) is 8.43. The van der Waals surface area contributed by atoms with Gasteiger partial charge in [0.1, 0.15) is 0 Å². The molecule has 2 heterocycles. The minimum Gasteiger partial charge on any atom is -0.389 e. The molecular formula is C12H15NO2. The predicted octanol–water partition coefficient (Wildman–Crippen LogP) is 0.149. The van der Waals surface area contributed by atoms with Crippen molar-refractivity contribution in [1.29, 1.82) is 0 Å². The first-order valence-electron chi connectivity index (χ1n) is 5.42. The molecule has 0 radical (unpaired) electrons. The molecule has 3 rings (SSSR count). The van der Waals surface area contributed by atoms with Gasteiger partial charge in [-0.1, -0.05) is 24.3 Å². The van der Waals surface area contributed by atoms with Crippen LogP contribution in [0.25, 0.3) is 0 Å². The van der Waals surface area contributed by atoms with Gasteiger partial charge < -0.3 is 10.2 Å². The zero-order valence-electron chi connectivity index (χ0n) is 8.50. The molecular weight excluding hydrogens is 190 g/mol. The predicted molar refractivity (Wildman–Crippen MR) is 56.4 cm³/mol. The molecule has 3 nitrogen and oxygen atoms in total. The van der Waals surface area contributed by atoms with E-state index < -0.39 is 12.2 Å². The van der Waals surface area contributed by atoms with E-state index in [-0.39, 0.29) is 6.04 Å². The third kappa shape index (κ3) is 1.39. The van der Waals surface area contributed by atoms with Gasteiger partial charge in [-0.2, -0.15) is 0 Å². The molecule has 80 valence electrons. The van der Waals surface area contributed by atoms with Crippen LogP contribution in [0.4, 0.5) is 0 Å². The molecule has 1 saturated heterocycles. The van der Waals surface area contributed by atoms with Crippen molar-refractivity contribution in [2.24, 2.45) is 0 Å². The Kier molecular flexibility index (Phi) is 2.06. The fraction of sp³-hybridized carbons (Fsp3) is 0.500. The largest absolute Gasteiger partial charge is 0.389 e. The Hall–Kier alpha value is -0.900. The number of nitrogens with zero attached hydrogens (tertiary/aromatic N) is 1. The number of aliphatic hydroxyl groups excluding tert-OH is 2. The average Bonchev–Trinajstić information content (AvgIpc) is 2.52. The van der Waals surface area contributed by atoms with Gasteiger partial charge in [0.25, 0.3) is 0 Å². The summed E-state index contributed by atoms with van der Waals surface area (Å²) in [6.45, 7) is 1.45. The Morgan fingerprint density at radius 2 is 1.87 bits per heavy atom. The van der Waals surface area contributed by atoms with Crippen LogP contribution in [-0.2, 0) is 13.0 Å². The van der Waals surface area contributed by atoms with Crippen LogP contribution in [0.2, 0.25) is 0 Å². The van der Waals surface area contributed by atoms with Crippen molar-refractivity contribution in [1.82, 2.24) is 4.90 Å². The smallest absolute Gasteiger partial charge is 0.0969 e. The maximum atomic E-state index is 9.83. The Labute approximate surface area is 89.0 Å². The molecule has 0 bridgehead atoms. The lowest BCUT2D eigenvalue weighted by Crippen LogP contribution is -2.40. The second-order valence-electron chi connectivity index (χ2n) is 4.53. The lowest BCUT2D eigenvalue weighted by Gasteiger charge is -2.32. The fourth-order valence-corrected chi connectivity index (χ4v) is 2.74. The molecule has 2 aliphatic heterocycles. The molecule has 1 aromatic rings. The van der Waals surface area contributed by atoms with Crippen molar-refractivity contribution in [3.8, 4) is 0 Å². The molecule has 1 aromatic carbocycles. The van der Waals surface area contributed by atoms with Crippen LogP contribution in [0.3, 0.4) is 0 Å². The van der Waals surface area contributed by atoms with Crippen LogP contribution in [0.5, 0.6) is 0 Å². The van der Waals surface area contributed by atoms with Crippen LogP contribution in [0.1, 0.15) is 11.1 Å². The quantitative estimate of drug-likeness (QED) is 0.633. The highest BCUT2D eigenvalue weighted by Gasteiger charge is 2.41. The van der Waals surface area contributed by atoms with Crippen molar-refractivity contribution >= 4 is 0 Å². The Morgan fingerprint density at radius 3 is 2.67 bits per heavy atom. The maximum Gasteiger partial charge on any atom is 0.0969 e. The Bertz CT molecular complexity index is 380. The van der Waals surface area contributed by atoms with E-state index in [2.05, 4.69) is 17.0 Å². The van der Waals surface area contributed by atoms with Crippen molar-refractivity contribution in [3.05, 3.63) is 35.4 Å². The summed E-state index contributed by atoms with van der Waals surface area (Å²) in [7, 11) is 0. The summed E-state index contributed by atoms with van der Waals surface area (Å²) in [5.74, 6) is 0. The molecule has 2 N–H and O–H groups in total. The molecule has 3 heteroatoms. The molecule has 0 unspecified atom stereocenters. The summed E-state index contributed by atoms with van der Waals surface area (Å²) in [5, 5.41) is 19.4. The molecule has 2 aliphatic rings. The van der Waals surface area contributed by atoms with E-state index in [0.717, 1.165) is 13.0 Å². The minimum atomic E-state index is -0.585. The van der Waals surface area contributed by atoms with Gasteiger partial charge in [-0.3, -0.25) is 4.90 Å². The van der Waals surface area contributed by atoms with E-state index in [9.17, 15) is 10.2 Å². The van der Waals surface area contributed by atoms with Crippen LogP contribution in [-0.4, -0.2) is 39.9 Å². The zero-order valence-corrected chi connectivity index (χ0v) is 8.50. The third-order valence-electron chi connectivity index (χ3n) is 3.60. The first-order valence-corrected chi connectivity index (χ1v) is 5.42. The van der Waals surface area contributed by atoms with Crippen molar-refractivity contribution in [3.63, 3.8) is 0 Å². The third-order valence-corrected chi connectivity index (χ3v) is 3.60. The molecule has 15 heavy (non-hydrogen) atoms. The van der Waals surface area contributed by atoms with E-state index in [1.165, 1.54) is 11.1 Å². The fourth-order valence-electron chi connectivity index (χ4n) is 2.74. The summed E-state index contributed by atoms with van der Waals surface area (Å²) < 4.78 is 0. The van der Waals surface area contributed by atoms with Gasteiger partial charge in [0.05, 0.1) is 12.2 Å². The summed E-state index contributed by atoms with van der Waals surface area (Å²) in [4.78, 5) is 2.18. The lowest BCUT2D eigenvalue weighted by molar-refractivity contribution is 0.0362. The molecule has 0 saturated carbocycles. The SMILES string of the molecule is O[C@@H]1[C@H](O)CN2Cc3ccccc3C[C@H]12. The highest BCUT2D eigenvalue weighted by atomic mass is 16.3. The number of benzene rings is 1. The van der Waals surface area contributed by atoms with Gasteiger partial charge in [-0.25, -0.2) is 0 Å². The first-order chi connectivity index (χ1) is 7.25. The number of hydrogen-bond acceptors (Lipinski definition) is 3. The molecule has 0 amide bonds. The summed E-state index contributed by atoms with van der Waals surface area (Å²) in [5.41, 5.74) is 2.64. The summed E-state index contributed by atoms with van der Waals surface area (Å²) >= 11 is 0. The van der Waals surface area contributed by atoms with E-state index in [4.69, 9.17) is 0 Å². The number of hydrogen-bond donors (Lipinski definition) is 2. The van der Waals surface area contributed by atoms with Crippen LogP contribution < -0.4 is 0 Å². The second-order valence-corrected chi connectivity index (χ2v) is 4.53. The van der Waals surface area contributed by atoms with Crippen molar-refractivity contribution < 1.29 is 10.2 Å². The van der Waals surface area contributed by atoms with Gasteiger partial charge in [-0.05, 0) is 17.5 Å². The van der Waals surface area contributed by atoms with Crippen molar-refractivity contribution in [2.75, 3.05) is 6.54 Å². The molecule has 1 fully saturated rings. The molecule has 0 spiro atoms. The van der Waals surface area contributed by atoms with Gasteiger partial charge >= 0.3 is 0 Å². The molecule has 0 aromatic heterocycles. The number of fused-ring (bicyclic) bond motifs is 2. The Balaban J connectivity index is 1.93. The van der Waals surface area contributed by atoms with E-state index in [1.54, 1.807) is 0 Å². The topological polar surface area (TPSA) is 43.7 Å². The summed E-state index contributed by atoms with van der Waals surface area (Å²) in [6.07, 6.45) is -0.309. The number of rotatable bonds is 0. The monoisotopic (exact) mass is 205 g/mol. The zero-order chi connectivity index (χ0) is 10.4. The highest BCUT2D eigenvalue weighted by molar-refractivity contribution is 5.31. The Morgan fingerprint density at radius 1 is 1.13 bits per heavy atom. The van der Waals surface area contributed by atoms with Crippen LogP contribution >= 0.6 is 0 Å². The standard InChI is InChI=1S/C12H15NO2/c14-11-7-13-6-9-4-2-1-3-8(9)5-10(13)12(11)15/h1-4,10-12,14-15H,5-7H2/t10-,11-,12+/m1/s1. The van der Waals surface area contributed by atoms with Crippen LogP contribution in [0.15, 0.2) is 24.3 Å². The van der Waals surface area contributed by atoms with Crippen molar-refractivity contribution in [2.45, 2.75) is 31.2 Å². The molecule has 0 aliphatic carbocycles. The minimum absolute atomic E-state index is 0.106. The highest BCUT2D eigenvalue weighted by Crippen LogP contribution is 2.30.